The Morgan fingerprint density at radius 2 is 2.29 bits per heavy atom. The molecule has 0 aromatic carbocycles. The first kappa shape index (κ1) is 10.6. The van der Waals surface area contributed by atoms with Crippen molar-refractivity contribution in [3.63, 3.8) is 0 Å². The number of anilines is 1. The number of alkyl halides is 3. The third-order valence-corrected chi connectivity index (χ3v) is 1.59. The van der Waals surface area contributed by atoms with Crippen LogP contribution in [0.1, 0.15) is 12.5 Å². The second kappa shape index (κ2) is 3.69. The van der Waals surface area contributed by atoms with Gasteiger partial charge in [-0.2, -0.15) is 18.3 Å². The molecule has 0 saturated heterocycles. The van der Waals surface area contributed by atoms with Crippen LogP contribution in [0.25, 0.3) is 0 Å². The van der Waals surface area contributed by atoms with Crippen LogP contribution in [0.5, 0.6) is 0 Å². The lowest BCUT2D eigenvalue weighted by molar-refractivity contribution is -0.167. The van der Waals surface area contributed by atoms with Crippen molar-refractivity contribution in [2.45, 2.75) is 19.5 Å². The summed E-state index contributed by atoms with van der Waals surface area (Å²) in [7, 11) is 0. The van der Waals surface area contributed by atoms with Crippen molar-refractivity contribution in [1.29, 1.82) is 0 Å². The van der Waals surface area contributed by atoms with Gasteiger partial charge >= 0.3 is 12.1 Å². The minimum Gasteiger partial charge on any atom is -0.303 e. The van der Waals surface area contributed by atoms with Crippen molar-refractivity contribution in [3.05, 3.63) is 11.8 Å². The number of aromatic amines is 1. The van der Waals surface area contributed by atoms with E-state index in [0.29, 0.717) is 12.0 Å². The van der Waals surface area contributed by atoms with E-state index in [9.17, 15) is 18.0 Å². The maximum absolute atomic E-state index is 11.8. The van der Waals surface area contributed by atoms with E-state index in [4.69, 9.17) is 0 Å². The molecular formula is C7H8F3N3O. The van der Waals surface area contributed by atoms with Gasteiger partial charge in [0.2, 0.25) is 0 Å². The normalized spacial score (nSPS) is 11.4. The number of hydrogen-bond acceptors (Lipinski definition) is 2. The van der Waals surface area contributed by atoms with Crippen LogP contribution in [0.15, 0.2) is 6.20 Å². The summed E-state index contributed by atoms with van der Waals surface area (Å²) < 4.78 is 35.5. The molecule has 2 N–H and O–H groups in total. The molecule has 0 bridgehead atoms. The molecule has 0 aliphatic carbocycles. The number of nitrogens with zero attached hydrogens (tertiary/aromatic N) is 1. The highest BCUT2D eigenvalue weighted by atomic mass is 19.4. The van der Waals surface area contributed by atoms with E-state index in [2.05, 4.69) is 10.2 Å². The summed E-state index contributed by atoms with van der Waals surface area (Å²) in [6, 6.07) is 0. The molecule has 0 radical (unpaired) electrons. The fourth-order valence-electron chi connectivity index (χ4n) is 0.872. The number of halogens is 3. The van der Waals surface area contributed by atoms with Crippen LogP contribution in [0.4, 0.5) is 19.0 Å². The Morgan fingerprint density at radius 3 is 2.79 bits per heavy atom. The van der Waals surface area contributed by atoms with Crippen LogP contribution in [-0.4, -0.2) is 22.3 Å². The number of aryl methyl sites for hydroxylation is 1. The van der Waals surface area contributed by atoms with E-state index in [-0.39, 0.29) is 5.82 Å². The van der Waals surface area contributed by atoms with Crippen molar-refractivity contribution in [2.75, 3.05) is 5.32 Å². The molecule has 1 aromatic heterocycles. The second-order valence-corrected chi connectivity index (χ2v) is 2.58. The van der Waals surface area contributed by atoms with E-state index in [1.807, 2.05) is 0 Å². The smallest absolute Gasteiger partial charge is 0.303 e. The van der Waals surface area contributed by atoms with Crippen LogP contribution in [0.2, 0.25) is 0 Å². The fraction of sp³-hybridized carbons (Fsp3) is 0.429. The predicted molar refractivity (Wildman–Crippen MR) is 42.7 cm³/mol. The van der Waals surface area contributed by atoms with Crippen molar-refractivity contribution in [2.24, 2.45) is 0 Å². The fourth-order valence-corrected chi connectivity index (χ4v) is 0.872. The van der Waals surface area contributed by atoms with Crippen molar-refractivity contribution in [3.8, 4) is 0 Å². The van der Waals surface area contributed by atoms with Crippen LogP contribution < -0.4 is 5.32 Å². The lowest BCUT2D eigenvalue weighted by atomic mass is 10.2. The molecule has 0 saturated carbocycles. The van der Waals surface area contributed by atoms with E-state index in [1.165, 1.54) is 6.20 Å². The third-order valence-electron chi connectivity index (χ3n) is 1.59. The largest absolute Gasteiger partial charge is 0.471 e. The van der Waals surface area contributed by atoms with Gasteiger partial charge in [0.05, 0.1) is 6.20 Å². The molecule has 0 fully saturated rings. The molecule has 1 aromatic rings. The van der Waals surface area contributed by atoms with E-state index in [0.717, 1.165) is 0 Å². The number of aromatic nitrogens is 2. The van der Waals surface area contributed by atoms with Crippen LogP contribution in [0, 0.1) is 0 Å². The zero-order chi connectivity index (χ0) is 10.8. The van der Waals surface area contributed by atoms with Gasteiger partial charge in [-0.1, -0.05) is 6.92 Å². The number of rotatable bonds is 2. The van der Waals surface area contributed by atoms with E-state index < -0.39 is 12.1 Å². The van der Waals surface area contributed by atoms with E-state index >= 15 is 0 Å². The maximum atomic E-state index is 11.8. The van der Waals surface area contributed by atoms with Crippen molar-refractivity contribution >= 4 is 11.7 Å². The highest BCUT2D eigenvalue weighted by Crippen LogP contribution is 2.19. The molecule has 14 heavy (non-hydrogen) atoms. The maximum Gasteiger partial charge on any atom is 0.471 e. The summed E-state index contributed by atoms with van der Waals surface area (Å²) >= 11 is 0. The lowest BCUT2D eigenvalue weighted by Crippen LogP contribution is -2.30. The van der Waals surface area contributed by atoms with Crippen molar-refractivity contribution < 1.29 is 18.0 Å². The Hall–Kier alpha value is -1.53. The zero-order valence-corrected chi connectivity index (χ0v) is 7.27. The Labute approximate surface area is 77.5 Å². The molecule has 0 unspecified atom stereocenters. The minimum atomic E-state index is -4.88. The Morgan fingerprint density at radius 1 is 1.64 bits per heavy atom. The van der Waals surface area contributed by atoms with Crippen molar-refractivity contribution in [1.82, 2.24) is 10.2 Å². The molecule has 7 heteroatoms. The average molecular weight is 207 g/mol. The number of hydrogen-bond donors (Lipinski definition) is 2. The number of amides is 1. The zero-order valence-electron chi connectivity index (χ0n) is 7.27. The molecule has 0 aliphatic rings. The number of nitrogens with one attached hydrogen (secondary N) is 2. The highest BCUT2D eigenvalue weighted by molar-refractivity contribution is 5.94. The first-order valence-electron chi connectivity index (χ1n) is 3.85. The van der Waals surface area contributed by atoms with Crippen LogP contribution in [-0.2, 0) is 11.2 Å². The molecule has 1 amide bonds. The first-order valence-corrected chi connectivity index (χ1v) is 3.85. The van der Waals surface area contributed by atoms with Gasteiger partial charge in [-0.05, 0) is 6.42 Å². The van der Waals surface area contributed by atoms with Gasteiger partial charge in [-0.3, -0.25) is 9.89 Å². The first-order chi connectivity index (χ1) is 6.45. The quantitative estimate of drug-likeness (QED) is 0.771. The van der Waals surface area contributed by atoms with E-state index in [1.54, 1.807) is 12.2 Å². The standard InChI is InChI=1S/C7H8F3N3O/c1-2-4-3-11-13-5(4)12-6(14)7(8,9)10/h3H,2H2,1H3,(H2,11,12,13,14). The summed E-state index contributed by atoms with van der Waals surface area (Å²) in [5.41, 5.74) is 0.530. The van der Waals surface area contributed by atoms with Gasteiger partial charge in [0, 0.05) is 5.56 Å². The summed E-state index contributed by atoms with van der Waals surface area (Å²) in [4.78, 5) is 10.5. The molecule has 0 aliphatic heterocycles. The van der Waals surface area contributed by atoms with Crippen LogP contribution >= 0.6 is 0 Å². The SMILES string of the molecule is CCc1cn[nH]c1NC(=O)C(F)(F)F. The van der Waals surface area contributed by atoms with Gasteiger partial charge in [0.25, 0.3) is 0 Å². The Kier molecular flexibility index (Phi) is 2.78. The van der Waals surface area contributed by atoms with Gasteiger partial charge in [-0.15, -0.1) is 0 Å². The molecule has 78 valence electrons. The van der Waals surface area contributed by atoms with Gasteiger partial charge in [-0.25, -0.2) is 0 Å². The predicted octanol–water partition coefficient (Wildman–Crippen LogP) is 1.47. The monoisotopic (exact) mass is 207 g/mol. The Bertz CT molecular complexity index is 331. The molecule has 0 atom stereocenters. The summed E-state index contributed by atoms with van der Waals surface area (Å²) in [5, 5.41) is 7.50. The minimum absolute atomic E-state index is 0.00479. The molecule has 4 nitrogen and oxygen atoms in total. The lowest BCUT2D eigenvalue weighted by Gasteiger charge is -2.06. The molecule has 0 spiro atoms. The van der Waals surface area contributed by atoms with Gasteiger partial charge < -0.3 is 5.32 Å². The molecular weight excluding hydrogens is 199 g/mol. The van der Waals surface area contributed by atoms with Gasteiger partial charge in [0.15, 0.2) is 0 Å². The molecule has 1 heterocycles. The van der Waals surface area contributed by atoms with Gasteiger partial charge in [0.1, 0.15) is 5.82 Å². The third kappa shape index (κ3) is 2.24. The number of carbonyl (C=O) groups is 1. The highest BCUT2D eigenvalue weighted by Gasteiger charge is 2.39. The van der Waals surface area contributed by atoms with Crippen LogP contribution in [0.3, 0.4) is 0 Å². The topological polar surface area (TPSA) is 57.8 Å². The average Bonchev–Trinajstić information content (AvgIpc) is 2.50. The number of H-pyrrole nitrogens is 1. The second-order valence-electron chi connectivity index (χ2n) is 2.58. The summed E-state index contributed by atoms with van der Waals surface area (Å²) in [6.45, 7) is 1.74. The summed E-state index contributed by atoms with van der Waals surface area (Å²) in [6.07, 6.45) is -3.02. The summed E-state index contributed by atoms with van der Waals surface area (Å²) in [5.74, 6) is -2.01. The number of carbonyl (C=O) groups excluding carboxylic acids is 1. The Balaban J connectivity index is 2.74. The molecule has 1 rings (SSSR count).